The van der Waals surface area contributed by atoms with Crippen molar-refractivity contribution in [2.75, 3.05) is 26.2 Å². The molecule has 0 unspecified atom stereocenters. The molecule has 1 aliphatic rings. The molecule has 0 atom stereocenters. The Morgan fingerprint density at radius 3 is 2.52 bits per heavy atom. The van der Waals surface area contributed by atoms with E-state index in [4.69, 9.17) is 0 Å². The van der Waals surface area contributed by atoms with Crippen LogP contribution in [0.5, 0.6) is 0 Å². The predicted molar refractivity (Wildman–Crippen MR) is 92.1 cm³/mol. The van der Waals surface area contributed by atoms with E-state index in [9.17, 15) is 8.42 Å². The molecular formula is C17H26ClN2O2S-. The highest BCUT2D eigenvalue weighted by atomic mass is 35.5. The molecule has 0 spiro atoms. The highest BCUT2D eigenvalue weighted by Gasteiger charge is 2.21. The second-order valence-electron chi connectivity index (χ2n) is 5.59. The fraction of sp³-hybridized carbons (Fsp3) is 0.529. The van der Waals surface area contributed by atoms with Crippen LogP contribution in [0.1, 0.15) is 37.8 Å². The molecule has 0 bridgehead atoms. The van der Waals surface area contributed by atoms with Crippen molar-refractivity contribution < 1.29 is 20.8 Å². The lowest BCUT2D eigenvalue weighted by molar-refractivity contribution is -0.00000710. The van der Waals surface area contributed by atoms with Crippen molar-refractivity contribution in [3.63, 3.8) is 0 Å². The minimum Gasteiger partial charge on any atom is -1.00 e. The zero-order valence-electron chi connectivity index (χ0n) is 13.9. The van der Waals surface area contributed by atoms with Gasteiger partial charge < -0.3 is 17.3 Å². The summed E-state index contributed by atoms with van der Waals surface area (Å²) >= 11 is 0. The van der Waals surface area contributed by atoms with Crippen LogP contribution in [0.2, 0.25) is 0 Å². The van der Waals surface area contributed by atoms with Gasteiger partial charge in [0.05, 0.1) is 4.91 Å². The van der Waals surface area contributed by atoms with Crippen molar-refractivity contribution in [3.8, 4) is 0 Å². The molecule has 130 valence electrons. The Morgan fingerprint density at radius 2 is 1.83 bits per heavy atom. The topological polar surface area (TPSA) is 49.4 Å². The summed E-state index contributed by atoms with van der Waals surface area (Å²) < 4.78 is 27.5. The van der Waals surface area contributed by atoms with E-state index < -0.39 is 10.0 Å². The summed E-state index contributed by atoms with van der Waals surface area (Å²) in [7, 11) is -3.34. The number of sulfonamides is 1. The number of benzene rings is 1. The summed E-state index contributed by atoms with van der Waals surface area (Å²) in [5, 5.41) is 0. The molecule has 1 aromatic carbocycles. The lowest BCUT2D eigenvalue weighted by Crippen LogP contribution is -3.00. The van der Waals surface area contributed by atoms with Crippen LogP contribution in [0.4, 0.5) is 0 Å². The highest BCUT2D eigenvalue weighted by molar-refractivity contribution is 7.93. The first kappa shape index (κ1) is 20.2. The first-order valence-corrected chi connectivity index (χ1v) is 9.55. The van der Waals surface area contributed by atoms with Crippen LogP contribution < -0.4 is 17.1 Å². The summed E-state index contributed by atoms with van der Waals surface area (Å²) in [4.78, 5) is 2.80. The number of halogens is 1. The van der Waals surface area contributed by atoms with Crippen LogP contribution in [0, 0.1) is 0 Å². The molecule has 0 radical (unpaired) electrons. The summed E-state index contributed by atoms with van der Waals surface area (Å²) in [6, 6.07) is 7.98. The SMILES string of the molecule is CCN(CC)CCCNS(=O)(=O)C1=Cc2ccccc2CC1.[Cl-]. The van der Waals surface area contributed by atoms with Crippen LogP contribution in [0.3, 0.4) is 0 Å². The first-order chi connectivity index (χ1) is 10.6. The number of rotatable bonds is 8. The van der Waals surface area contributed by atoms with Crippen LogP contribution in [-0.2, 0) is 16.4 Å². The maximum Gasteiger partial charge on any atom is 0.236 e. The second kappa shape index (κ2) is 9.42. The third-order valence-electron chi connectivity index (χ3n) is 4.20. The Balaban J connectivity index is 0.00000264. The number of fused-ring (bicyclic) bond motifs is 1. The molecule has 6 heteroatoms. The number of nitrogens with zero attached hydrogens (tertiary/aromatic N) is 1. The van der Waals surface area contributed by atoms with Gasteiger partial charge in [-0.15, -0.1) is 0 Å². The third-order valence-corrected chi connectivity index (χ3v) is 5.79. The number of hydrogen-bond donors (Lipinski definition) is 1. The average Bonchev–Trinajstić information content (AvgIpc) is 2.54. The maximum atomic E-state index is 12.4. The normalized spacial score (nSPS) is 14.1. The molecule has 23 heavy (non-hydrogen) atoms. The van der Waals surface area contributed by atoms with Gasteiger partial charge >= 0.3 is 0 Å². The molecule has 4 nitrogen and oxygen atoms in total. The highest BCUT2D eigenvalue weighted by Crippen LogP contribution is 2.26. The van der Waals surface area contributed by atoms with Gasteiger partial charge in [0.15, 0.2) is 0 Å². The zero-order chi connectivity index (χ0) is 16.0. The van der Waals surface area contributed by atoms with Crippen molar-refractivity contribution in [1.29, 1.82) is 0 Å². The van der Waals surface area contributed by atoms with E-state index in [-0.39, 0.29) is 12.4 Å². The standard InChI is InChI=1S/C17H26N2O2S.ClH/c1-3-19(4-2)13-7-12-18-22(20,21)17-11-10-15-8-5-6-9-16(15)14-17;/h5-6,8-9,14,18H,3-4,7,10-13H2,1-2H3;1H/p-1. The van der Waals surface area contributed by atoms with Crippen molar-refractivity contribution in [2.24, 2.45) is 0 Å². The Morgan fingerprint density at radius 1 is 1.13 bits per heavy atom. The maximum absolute atomic E-state index is 12.4. The molecule has 0 saturated carbocycles. The predicted octanol–water partition coefficient (Wildman–Crippen LogP) is -0.371. The van der Waals surface area contributed by atoms with Crippen molar-refractivity contribution in [1.82, 2.24) is 9.62 Å². The van der Waals surface area contributed by atoms with Gasteiger partial charge in [-0.25, -0.2) is 13.1 Å². The lowest BCUT2D eigenvalue weighted by atomic mass is 9.98. The van der Waals surface area contributed by atoms with Gasteiger partial charge in [-0.1, -0.05) is 38.1 Å². The Labute approximate surface area is 146 Å². The minimum absolute atomic E-state index is 0. The molecule has 1 aliphatic carbocycles. The van der Waals surface area contributed by atoms with Gasteiger partial charge in [0.25, 0.3) is 0 Å². The number of nitrogens with one attached hydrogen (secondary N) is 1. The van der Waals surface area contributed by atoms with Crippen LogP contribution in [-0.4, -0.2) is 39.5 Å². The van der Waals surface area contributed by atoms with Gasteiger partial charge in [-0.2, -0.15) is 0 Å². The third kappa shape index (κ3) is 5.60. The average molecular weight is 358 g/mol. The van der Waals surface area contributed by atoms with Gasteiger partial charge in [0, 0.05) is 6.54 Å². The van der Waals surface area contributed by atoms with E-state index in [2.05, 4.69) is 29.5 Å². The lowest BCUT2D eigenvalue weighted by Gasteiger charge is -2.19. The molecule has 0 amide bonds. The summed E-state index contributed by atoms with van der Waals surface area (Å²) in [6.45, 7) is 7.68. The van der Waals surface area contributed by atoms with Crippen molar-refractivity contribution in [3.05, 3.63) is 40.3 Å². The molecule has 0 fully saturated rings. The molecular weight excluding hydrogens is 332 g/mol. The quantitative estimate of drug-likeness (QED) is 0.646. The van der Waals surface area contributed by atoms with Crippen LogP contribution in [0.25, 0.3) is 6.08 Å². The van der Waals surface area contributed by atoms with E-state index in [1.54, 1.807) is 0 Å². The molecule has 1 N–H and O–H groups in total. The van der Waals surface area contributed by atoms with E-state index in [1.165, 1.54) is 5.56 Å². The largest absolute Gasteiger partial charge is 1.00 e. The molecule has 0 saturated heterocycles. The number of allylic oxidation sites excluding steroid dienone is 1. The zero-order valence-corrected chi connectivity index (χ0v) is 15.5. The smallest absolute Gasteiger partial charge is 0.236 e. The molecule has 0 heterocycles. The second-order valence-corrected chi connectivity index (χ2v) is 7.41. The first-order valence-electron chi connectivity index (χ1n) is 8.07. The van der Waals surface area contributed by atoms with Gasteiger partial charge in [0.2, 0.25) is 10.0 Å². The molecule has 2 rings (SSSR count). The summed E-state index contributed by atoms with van der Waals surface area (Å²) in [5.74, 6) is 0. The minimum atomic E-state index is -3.34. The summed E-state index contributed by atoms with van der Waals surface area (Å²) in [6.07, 6.45) is 4.03. The summed E-state index contributed by atoms with van der Waals surface area (Å²) in [5.41, 5.74) is 2.25. The Kier molecular flexibility index (Phi) is 8.26. The van der Waals surface area contributed by atoms with Gasteiger partial charge in [-0.3, -0.25) is 0 Å². The van der Waals surface area contributed by atoms with Crippen molar-refractivity contribution >= 4 is 16.1 Å². The molecule has 1 aromatic rings. The van der Waals surface area contributed by atoms with Crippen LogP contribution in [0.15, 0.2) is 29.2 Å². The number of aryl methyl sites for hydroxylation is 1. The Hall–Kier alpha value is -0.880. The van der Waals surface area contributed by atoms with Crippen molar-refractivity contribution in [2.45, 2.75) is 33.1 Å². The van der Waals surface area contributed by atoms with E-state index >= 15 is 0 Å². The number of hydrogen-bond acceptors (Lipinski definition) is 3. The Bertz CT molecular complexity index is 625. The molecule has 0 aromatic heterocycles. The fourth-order valence-electron chi connectivity index (χ4n) is 2.76. The van der Waals surface area contributed by atoms with Gasteiger partial charge in [0.1, 0.15) is 0 Å². The fourth-order valence-corrected chi connectivity index (χ4v) is 4.01. The van der Waals surface area contributed by atoms with Gasteiger partial charge in [-0.05, 0) is 56.1 Å². The molecule has 0 aliphatic heterocycles. The van der Waals surface area contributed by atoms with E-state index in [0.29, 0.717) is 17.9 Å². The van der Waals surface area contributed by atoms with E-state index in [0.717, 1.165) is 38.0 Å². The monoisotopic (exact) mass is 357 g/mol. The van der Waals surface area contributed by atoms with E-state index in [1.807, 2.05) is 24.3 Å². The van der Waals surface area contributed by atoms with Crippen LogP contribution >= 0.6 is 0 Å².